The van der Waals surface area contributed by atoms with Gasteiger partial charge in [0.05, 0.1) is 46.8 Å². The highest BCUT2D eigenvalue weighted by molar-refractivity contribution is 6.32. The van der Waals surface area contributed by atoms with Gasteiger partial charge in [-0.15, -0.1) is 0 Å². The first-order valence-electron chi connectivity index (χ1n) is 18.0. The molecule has 2 aromatic heterocycles. The second kappa shape index (κ2) is 13.5. The Hall–Kier alpha value is -5.07. The zero-order valence-corrected chi connectivity index (χ0v) is 30.1. The number of carbonyl (C=O) groups excluding carboxylic acids is 1. The third-order valence-corrected chi connectivity index (χ3v) is 11.5. The first-order valence-corrected chi connectivity index (χ1v) is 18.8. The van der Waals surface area contributed by atoms with Crippen LogP contribution in [0.25, 0.3) is 33.4 Å². The molecule has 3 aliphatic rings. The molecule has 6 aromatic rings. The number of nitrogens with one attached hydrogen (secondary N) is 2. The molecule has 260 valence electrons. The molecule has 4 heterocycles. The number of amides is 1. The highest BCUT2D eigenvalue weighted by Crippen LogP contribution is 2.50. The van der Waals surface area contributed by atoms with E-state index in [-0.39, 0.29) is 11.9 Å². The van der Waals surface area contributed by atoms with Crippen molar-refractivity contribution in [1.82, 2.24) is 19.4 Å². The van der Waals surface area contributed by atoms with Crippen LogP contribution in [0.3, 0.4) is 0 Å². The molecule has 2 N–H and O–H groups in total. The second-order valence-corrected chi connectivity index (χ2v) is 14.9. The number of carbonyl (C=O) groups is 1. The minimum absolute atomic E-state index is 0.260. The summed E-state index contributed by atoms with van der Waals surface area (Å²) in [6.45, 7) is 3.68. The van der Waals surface area contributed by atoms with E-state index in [1.807, 2.05) is 85.2 Å². The molecule has 9 rings (SSSR count). The van der Waals surface area contributed by atoms with E-state index in [0.29, 0.717) is 33.0 Å². The molecule has 2 fully saturated rings. The fourth-order valence-corrected chi connectivity index (χ4v) is 8.99. The standard InChI is InChI=1S/C42H37Cl2N7O/c43-29-14-12-28(13-15-29)40-32-22-30(44)23-34-36(32)37(41-38(46-25-51(40)41)27-7-3-1-4-8-27)39(47-34)42(52)48-33-21-26(24-45)11-16-35(33)50-19-17-49(18-20-50)31-9-5-2-6-10-31/h1,3-4,7-8,11-16,21-23,25,31,40,47H,2,5-6,9-10,17-20H2,(H,48,52). The summed E-state index contributed by atoms with van der Waals surface area (Å²) in [7, 11) is 0. The Morgan fingerprint density at radius 2 is 1.65 bits per heavy atom. The Bertz CT molecular complexity index is 2340. The number of anilines is 2. The number of halogens is 2. The number of aromatic amines is 1. The van der Waals surface area contributed by atoms with Gasteiger partial charge < -0.3 is 19.8 Å². The lowest BCUT2D eigenvalue weighted by Gasteiger charge is -2.42. The van der Waals surface area contributed by atoms with Gasteiger partial charge in [-0.25, -0.2) is 4.98 Å². The van der Waals surface area contributed by atoms with Crippen molar-refractivity contribution in [3.05, 3.63) is 124 Å². The number of imidazole rings is 1. The first kappa shape index (κ1) is 32.8. The average molecular weight is 727 g/mol. The largest absolute Gasteiger partial charge is 0.367 e. The molecule has 52 heavy (non-hydrogen) atoms. The molecule has 4 aromatic carbocycles. The van der Waals surface area contributed by atoms with E-state index >= 15 is 0 Å². The Morgan fingerprint density at radius 3 is 2.40 bits per heavy atom. The maximum atomic E-state index is 14.7. The maximum absolute atomic E-state index is 14.7. The molecule has 1 saturated carbocycles. The molecule has 1 amide bonds. The van der Waals surface area contributed by atoms with E-state index < -0.39 is 0 Å². The minimum Gasteiger partial charge on any atom is -0.367 e. The van der Waals surface area contributed by atoms with Gasteiger partial charge in [0.25, 0.3) is 5.91 Å². The number of nitriles is 1. The fourth-order valence-electron chi connectivity index (χ4n) is 8.64. The van der Waals surface area contributed by atoms with Crippen LogP contribution in [0.2, 0.25) is 10.0 Å². The zero-order valence-electron chi connectivity index (χ0n) is 28.6. The summed E-state index contributed by atoms with van der Waals surface area (Å²) in [6.07, 6.45) is 8.39. The number of aromatic nitrogens is 3. The van der Waals surface area contributed by atoms with Gasteiger partial charge in [0.15, 0.2) is 0 Å². The monoisotopic (exact) mass is 725 g/mol. The first-order chi connectivity index (χ1) is 25.5. The molecule has 1 atom stereocenters. The highest BCUT2D eigenvalue weighted by atomic mass is 35.5. The summed E-state index contributed by atoms with van der Waals surface area (Å²) < 4.78 is 2.14. The summed E-state index contributed by atoms with van der Waals surface area (Å²) in [4.78, 5) is 28.1. The Morgan fingerprint density at radius 1 is 0.885 bits per heavy atom. The molecule has 0 bridgehead atoms. The van der Waals surface area contributed by atoms with Gasteiger partial charge in [0.1, 0.15) is 5.69 Å². The van der Waals surface area contributed by atoms with Crippen molar-refractivity contribution in [3.63, 3.8) is 0 Å². The summed E-state index contributed by atoms with van der Waals surface area (Å²) in [5.74, 6) is -0.304. The van der Waals surface area contributed by atoms with E-state index in [0.717, 1.165) is 76.4 Å². The van der Waals surface area contributed by atoms with Crippen molar-refractivity contribution in [2.75, 3.05) is 36.4 Å². The quantitative estimate of drug-likeness (QED) is 0.178. The van der Waals surface area contributed by atoms with E-state index in [2.05, 4.69) is 30.7 Å². The number of rotatable bonds is 6. The summed E-state index contributed by atoms with van der Waals surface area (Å²) in [6, 6.07) is 30.0. The van der Waals surface area contributed by atoms with Crippen LogP contribution >= 0.6 is 23.2 Å². The average Bonchev–Trinajstić information content (AvgIpc) is 3.79. The SMILES string of the molecule is N#Cc1ccc(N2CCN(C3CCCCC3)CC2)c(NC(=O)c2[nH]c3cc(Cl)cc4c3c2-c2c(-c3ccccc3)ncn2C4c2ccc(Cl)cc2)c1. The predicted molar refractivity (Wildman–Crippen MR) is 208 cm³/mol. The van der Waals surface area contributed by atoms with Gasteiger partial charge in [-0.1, -0.05) is 84.9 Å². The van der Waals surface area contributed by atoms with E-state index in [1.54, 1.807) is 6.07 Å². The number of piperazine rings is 1. The second-order valence-electron chi connectivity index (χ2n) is 14.1. The van der Waals surface area contributed by atoms with E-state index in [1.165, 1.54) is 32.1 Å². The summed E-state index contributed by atoms with van der Waals surface area (Å²) in [5, 5.41) is 15.3. The van der Waals surface area contributed by atoms with Crippen LogP contribution in [-0.4, -0.2) is 57.6 Å². The molecule has 10 heteroatoms. The van der Waals surface area contributed by atoms with E-state index in [9.17, 15) is 10.1 Å². The third-order valence-electron chi connectivity index (χ3n) is 11.1. The Kier molecular flexibility index (Phi) is 8.51. The molecule has 1 saturated heterocycles. The lowest BCUT2D eigenvalue weighted by Crippen LogP contribution is -2.51. The number of hydrogen-bond donors (Lipinski definition) is 2. The maximum Gasteiger partial charge on any atom is 0.272 e. The number of fused-ring (bicyclic) bond motifs is 2. The van der Waals surface area contributed by atoms with Gasteiger partial charge in [-0.2, -0.15) is 5.26 Å². The minimum atomic E-state index is -0.304. The van der Waals surface area contributed by atoms with Crippen LogP contribution in [0.4, 0.5) is 11.4 Å². The smallest absolute Gasteiger partial charge is 0.272 e. The molecule has 1 unspecified atom stereocenters. The summed E-state index contributed by atoms with van der Waals surface area (Å²) >= 11 is 13.1. The van der Waals surface area contributed by atoms with Crippen molar-refractivity contribution in [2.45, 2.75) is 44.2 Å². The van der Waals surface area contributed by atoms with Crippen molar-refractivity contribution < 1.29 is 4.79 Å². The number of H-pyrrole nitrogens is 1. The predicted octanol–water partition coefficient (Wildman–Crippen LogP) is 9.53. The van der Waals surface area contributed by atoms with Crippen molar-refractivity contribution in [3.8, 4) is 28.6 Å². The Labute approximate surface area is 312 Å². The molecule has 1 aliphatic carbocycles. The summed E-state index contributed by atoms with van der Waals surface area (Å²) in [5.41, 5.74) is 8.49. The lowest BCUT2D eigenvalue weighted by molar-refractivity contribution is 0.102. The van der Waals surface area contributed by atoms with Crippen molar-refractivity contribution >= 4 is 51.4 Å². The van der Waals surface area contributed by atoms with Crippen LogP contribution in [-0.2, 0) is 0 Å². The molecule has 2 aliphatic heterocycles. The molecule has 0 spiro atoms. The molecule has 0 radical (unpaired) electrons. The Balaban J connectivity index is 1.14. The van der Waals surface area contributed by atoms with Crippen LogP contribution in [0.1, 0.15) is 65.3 Å². The highest BCUT2D eigenvalue weighted by Gasteiger charge is 2.36. The van der Waals surface area contributed by atoms with Gasteiger partial charge in [0, 0.05) is 64.3 Å². The number of nitrogens with zero attached hydrogens (tertiary/aromatic N) is 5. The van der Waals surface area contributed by atoms with Gasteiger partial charge >= 0.3 is 0 Å². The third kappa shape index (κ3) is 5.74. The van der Waals surface area contributed by atoms with Gasteiger partial charge in [-0.05, 0) is 66.4 Å². The zero-order chi connectivity index (χ0) is 35.3. The van der Waals surface area contributed by atoms with Crippen LogP contribution in [0.5, 0.6) is 0 Å². The van der Waals surface area contributed by atoms with Crippen LogP contribution in [0.15, 0.2) is 91.3 Å². The number of hydrogen-bond acceptors (Lipinski definition) is 5. The molecule has 8 nitrogen and oxygen atoms in total. The van der Waals surface area contributed by atoms with Gasteiger partial charge in [-0.3, -0.25) is 9.69 Å². The fraction of sp³-hybridized carbons (Fsp3) is 0.262. The molecular weight excluding hydrogens is 689 g/mol. The van der Waals surface area contributed by atoms with Crippen molar-refractivity contribution in [2.24, 2.45) is 0 Å². The van der Waals surface area contributed by atoms with Crippen molar-refractivity contribution in [1.29, 1.82) is 5.26 Å². The molecular formula is C42H37Cl2N7O. The van der Waals surface area contributed by atoms with Crippen LogP contribution in [0, 0.1) is 11.3 Å². The normalized spacial score (nSPS) is 17.6. The number of benzene rings is 4. The van der Waals surface area contributed by atoms with Gasteiger partial charge in [0.2, 0.25) is 0 Å². The van der Waals surface area contributed by atoms with Crippen LogP contribution < -0.4 is 10.2 Å². The lowest BCUT2D eigenvalue weighted by atomic mass is 9.88. The van der Waals surface area contributed by atoms with E-state index in [4.69, 9.17) is 28.2 Å². The topological polar surface area (TPSA) is 93.0 Å².